The minimum atomic E-state index is -0.876. The molecule has 0 amide bonds. The van der Waals surface area contributed by atoms with Crippen LogP contribution in [0.1, 0.15) is 52.0 Å². The van der Waals surface area contributed by atoms with Crippen LogP contribution in [0.2, 0.25) is 0 Å². The number of H-pyrrole nitrogens is 1. The van der Waals surface area contributed by atoms with E-state index in [4.69, 9.17) is 0 Å². The molecule has 0 aliphatic heterocycles. The van der Waals surface area contributed by atoms with Gasteiger partial charge in [-0.1, -0.05) is 45.4 Å². The van der Waals surface area contributed by atoms with Crippen molar-refractivity contribution in [3.8, 4) is 0 Å². The molecule has 1 aliphatic rings. The van der Waals surface area contributed by atoms with Gasteiger partial charge in [-0.25, -0.2) is 0 Å². The van der Waals surface area contributed by atoms with Gasteiger partial charge in [0.2, 0.25) is 0 Å². The maximum absolute atomic E-state index is 13.1. The second kappa shape index (κ2) is 8.28. The Morgan fingerprint density at radius 3 is 2.67 bits per heavy atom. The van der Waals surface area contributed by atoms with E-state index in [-0.39, 0.29) is 18.1 Å². The number of carbonyl (C=O) groups is 2. The zero-order valence-corrected chi connectivity index (χ0v) is 16.6. The average molecular weight is 370 g/mol. The number of aromatic amines is 1. The van der Waals surface area contributed by atoms with Gasteiger partial charge in [-0.3, -0.25) is 9.59 Å². The molecule has 3 rings (SSSR count). The second-order valence-electron chi connectivity index (χ2n) is 8.70. The number of para-hydroxylation sites is 1. The van der Waals surface area contributed by atoms with Crippen molar-refractivity contribution in [1.82, 2.24) is 4.98 Å². The molecule has 4 nitrogen and oxygen atoms in total. The first-order valence-electron chi connectivity index (χ1n) is 10.2. The monoisotopic (exact) mass is 369 g/mol. The number of benzene rings is 1. The van der Waals surface area contributed by atoms with Crippen molar-refractivity contribution in [2.75, 3.05) is 0 Å². The van der Waals surface area contributed by atoms with E-state index >= 15 is 0 Å². The molecular formula is C23H31NO3. The second-order valence-corrected chi connectivity index (χ2v) is 8.70. The number of hydrogen-bond donors (Lipinski definition) is 2. The molecule has 1 aromatic carbocycles. The number of aliphatic carboxylic acids is 1. The summed E-state index contributed by atoms with van der Waals surface area (Å²) in [5, 5.41) is 10.8. The van der Waals surface area contributed by atoms with Gasteiger partial charge < -0.3 is 10.1 Å². The van der Waals surface area contributed by atoms with Gasteiger partial charge in [-0.2, -0.15) is 0 Å². The summed E-state index contributed by atoms with van der Waals surface area (Å²) in [5.41, 5.74) is 1.98. The van der Waals surface area contributed by atoms with Crippen LogP contribution in [0, 0.1) is 29.6 Å². The summed E-state index contributed by atoms with van der Waals surface area (Å²) in [6.45, 7) is 6.57. The zero-order chi connectivity index (χ0) is 19.6. The fourth-order valence-electron chi connectivity index (χ4n) is 4.78. The Morgan fingerprint density at radius 2 is 1.96 bits per heavy atom. The number of Topliss-reactive ketones (excluding diaryl/α,β-unsaturated/α-hetero) is 1. The van der Waals surface area contributed by atoms with E-state index < -0.39 is 11.9 Å². The van der Waals surface area contributed by atoms with Crippen molar-refractivity contribution < 1.29 is 14.7 Å². The smallest absolute Gasteiger partial charge is 0.307 e. The van der Waals surface area contributed by atoms with Crippen molar-refractivity contribution in [3.05, 3.63) is 36.0 Å². The van der Waals surface area contributed by atoms with Crippen LogP contribution in [-0.4, -0.2) is 21.8 Å². The normalized spacial score (nSPS) is 24.2. The highest BCUT2D eigenvalue weighted by Gasteiger charge is 2.36. The van der Waals surface area contributed by atoms with E-state index in [9.17, 15) is 14.7 Å². The molecule has 2 aromatic rings. The van der Waals surface area contributed by atoms with Crippen molar-refractivity contribution in [2.45, 2.75) is 52.9 Å². The summed E-state index contributed by atoms with van der Waals surface area (Å²) in [6.07, 6.45) is 5.56. The van der Waals surface area contributed by atoms with Gasteiger partial charge >= 0.3 is 5.97 Å². The van der Waals surface area contributed by atoms with E-state index in [1.165, 1.54) is 6.42 Å². The third kappa shape index (κ3) is 4.42. The summed E-state index contributed by atoms with van der Waals surface area (Å²) in [4.78, 5) is 28.2. The highest BCUT2D eigenvalue weighted by atomic mass is 16.4. The van der Waals surface area contributed by atoms with E-state index in [1.807, 2.05) is 30.5 Å². The lowest BCUT2D eigenvalue weighted by atomic mass is 9.67. The lowest BCUT2D eigenvalue weighted by Gasteiger charge is -2.36. The van der Waals surface area contributed by atoms with Gasteiger partial charge in [0, 0.05) is 29.4 Å². The molecule has 2 N–H and O–H groups in total. The van der Waals surface area contributed by atoms with Crippen molar-refractivity contribution >= 4 is 22.7 Å². The molecule has 27 heavy (non-hydrogen) atoms. The van der Waals surface area contributed by atoms with Crippen LogP contribution in [0.4, 0.5) is 0 Å². The van der Waals surface area contributed by atoms with Gasteiger partial charge in [0.15, 0.2) is 0 Å². The Bertz CT molecular complexity index is 807. The quantitative estimate of drug-likeness (QED) is 0.715. The van der Waals surface area contributed by atoms with Crippen LogP contribution in [0.3, 0.4) is 0 Å². The molecule has 146 valence electrons. The Kier molecular flexibility index (Phi) is 6.03. The van der Waals surface area contributed by atoms with Gasteiger partial charge in [0.05, 0.1) is 5.92 Å². The molecule has 4 atom stereocenters. The minimum absolute atomic E-state index is 0.0126. The highest BCUT2D eigenvalue weighted by molar-refractivity contribution is 5.87. The first-order valence-corrected chi connectivity index (χ1v) is 10.2. The molecule has 1 fully saturated rings. The fourth-order valence-corrected chi connectivity index (χ4v) is 4.78. The predicted octanol–water partition coefficient (Wildman–Crippen LogP) is 5.08. The van der Waals surface area contributed by atoms with Crippen LogP contribution in [0.5, 0.6) is 0 Å². The highest BCUT2D eigenvalue weighted by Crippen LogP contribution is 2.39. The Labute approximate surface area is 161 Å². The summed E-state index contributed by atoms with van der Waals surface area (Å²) >= 11 is 0. The SMILES string of the molecule is CC(C)[C@@H]1CC[C@@H](C)C[C@H]1C(=O)C[C@@H](Cc1c[nH]c2ccccc12)C(=O)O. The van der Waals surface area contributed by atoms with E-state index in [1.54, 1.807) is 0 Å². The third-order valence-electron chi connectivity index (χ3n) is 6.37. The van der Waals surface area contributed by atoms with Crippen LogP contribution in [0.15, 0.2) is 30.5 Å². The van der Waals surface area contributed by atoms with Gasteiger partial charge in [0.25, 0.3) is 0 Å². The number of aromatic nitrogens is 1. The summed E-state index contributed by atoms with van der Waals surface area (Å²) in [7, 11) is 0. The molecule has 0 unspecified atom stereocenters. The maximum Gasteiger partial charge on any atom is 0.307 e. The van der Waals surface area contributed by atoms with E-state index in [2.05, 4.69) is 25.8 Å². The number of carboxylic acid groups (broad SMARTS) is 1. The molecule has 0 spiro atoms. The molecule has 1 heterocycles. The number of carbonyl (C=O) groups excluding carboxylic acids is 1. The van der Waals surface area contributed by atoms with E-state index in [0.29, 0.717) is 24.2 Å². The van der Waals surface area contributed by atoms with Gasteiger partial charge in [-0.15, -0.1) is 0 Å². The third-order valence-corrected chi connectivity index (χ3v) is 6.37. The Morgan fingerprint density at radius 1 is 1.22 bits per heavy atom. The fraction of sp³-hybridized carbons (Fsp3) is 0.565. The van der Waals surface area contributed by atoms with Crippen LogP contribution in [0.25, 0.3) is 10.9 Å². The minimum Gasteiger partial charge on any atom is -0.481 e. The maximum atomic E-state index is 13.1. The molecule has 0 bridgehead atoms. The van der Waals surface area contributed by atoms with Crippen molar-refractivity contribution in [3.63, 3.8) is 0 Å². The standard InChI is InChI=1S/C23H31NO3/c1-14(2)18-9-8-15(3)10-20(18)22(25)12-16(23(26)27)11-17-13-24-21-7-5-4-6-19(17)21/h4-7,13-16,18,20,24H,8-12H2,1-3H3,(H,26,27)/t15-,16-,18+,20-/m1/s1. The van der Waals surface area contributed by atoms with Gasteiger partial charge in [-0.05, 0) is 48.6 Å². The molecular weight excluding hydrogens is 338 g/mol. The molecule has 4 heteroatoms. The Hall–Kier alpha value is -2.10. The zero-order valence-electron chi connectivity index (χ0n) is 16.6. The number of ketones is 1. The predicted molar refractivity (Wildman–Crippen MR) is 108 cm³/mol. The van der Waals surface area contributed by atoms with E-state index in [0.717, 1.165) is 29.3 Å². The number of nitrogens with one attached hydrogen (secondary N) is 1. The molecule has 1 aromatic heterocycles. The molecule has 1 saturated carbocycles. The Balaban J connectivity index is 1.75. The molecule has 0 saturated heterocycles. The average Bonchev–Trinajstić information content (AvgIpc) is 3.03. The van der Waals surface area contributed by atoms with Gasteiger partial charge in [0.1, 0.15) is 5.78 Å². The molecule has 1 aliphatic carbocycles. The van der Waals surface area contributed by atoms with Crippen LogP contribution < -0.4 is 0 Å². The summed E-state index contributed by atoms with van der Waals surface area (Å²) in [5.74, 6) is 0.0109. The molecule has 0 radical (unpaired) electrons. The summed E-state index contributed by atoms with van der Waals surface area (Å²) < 4.78 is 0. The number of rotatable bonds is 7. The van der Waals surface area contributed by atoms with Crippen molar-refractivity contribution in [1.29, 1.82) is 0 Å². The number of fused-ring (bicyclic) bond motifs is 1. The first-order chi connectivity index (χ1) is 12.9. The lowest BCUT2D eigenvalue weighted by Crippen LogP contribution is -2.35. The first kappa shape index (κ1) is 19.7. The number of carboxylic acids is 1. The van der Waals surface area contributed by atoms with Crippen LogP contribution in [-0.2, 0) is 16.0 Å². The lowest BCUT2D eigenvalue weighted by molar-refractivity contribution is -0.144. The van der Waals surface area contributed by atoms with Crippen molar-refractivity contribution in [2.24, 2.45) is 29.6 Å². The topological polar surface area (TPSA) is 70.2 Å². The largest absolute Gasteiger partial charge is 0.481 e. The summed E-state index contributed by atoms with van der Waals surface area (Å²) in [6, 6.07) is 7.89. The number of hydrogen-bond acceptors (Lipinski definition) is 2. The van der Waals surface area contributed by atoms with Crippen LogP contribution >= 0.6 is 0 Å².